The van der Waals surface area contributed by atoms with E-state index in [-0.39, 0.29) is 17.6 Å². The first kappa shape index (κ1) is 23.7. The summed E-state index contributed by atoms with van der Waals surface area (Å²) >= 11 is 0. The van der Waals surface area contributed by atoms with Gasteiger partial charge in [0.15, 0.2) is 0 Å². The first-order valence-electron chi connectivity index (χ1n) is 11.3. The largest absolute Gasteiger partial charge is 0.381 e. The smallest absolute Gasteiger partial charge is 0.277 e. The zero-order chi connectivity index (χ0) is 22.9. The van der Waals surface area contributed by atoms with E-state index < -0.39 is 0 Å². The summed E-state index contributed by atoms with van der Waals surface area (Å²) in [6, 6.07) is 15.6. The van der Waals surface area contributed by atoms with Crippen LogP contribution >= 0.6 is 0 Å². The Morgan fingerprint density at radius 1 is 0.906 bits per heavy atom. The van der Waals surface area contributed by atoms with Gasteiger partial charge in [0, 0.05) is 32.8 Å². The lowest BCUT2D eigenvalue weighted by Gasteiger charge is -2.25. The highest BCUT2D eigenvalue weighted by atomic mass is 19.1. The summed E-state index contributed by atoms with van der Waals surface area (Å²) in [5, 5.41) is 0. The number of benzene rings is 2. The second kappa shape index (κ2) is 11.6. The molecule has 1 heterocycles. The zero-order valence-corrected chi connectivity index (χ0v) is 18.9. The van der Waals surface area contributed by atoms with Crippen LogP contribution in [-0.4, -0.2) is 47.9 Å². The van der Waals surface area contributed by atoms with Crippen molar-refractivity contribution in [1.82, 2.24) is 9.80 Å². The Balaban J connectivity index is 1.86. The van der Waals surface area contributed by atoms with Crippen LogP contribution in [0.4, 0.5) is 4.39 Å². The van der Waals surface area contributed by atoms with Crippen LogP contribution in [0.25, 0.3) is 5.57 Å². The van der Waals surface area contributed by atoms with E-state index in [2.05, 4.69) is 6.92 Å². The van der Waals surface area contributed by atoms with E-state index >= 15 is 0 Å². The summed E-state index contributed by atoms with van der Waals surface area (Å²) in [5.74, 6) is -1.03. The van der Waals surface area contributed by atoms with Gasteiger partial charge in [-0.25, -0.2) is 4.39 Å². The number of imide groups is 1. The first-order chi connectivity index (χ1) is 15.6. The van der Waals surface area contributed by atoms with Crippen LogP contribution in [0.15, 0.2) is 60.3 Å². The van der Waals surface area contributed by atoms with Gasteiger partial charge in [0.1, 0.15) is 11.5 Å². The minimum atomic E-state index is -0.384. The number of carbonyl (C=O) groups is 2. The number of halogens is 1. The SMILES string of the molecule is CCCCOCCCN1C(=O)C(c2ccc(F)cc2)=C(N(CC)Cc2ccccc2)C1=O. The molecule has 0 fully saturated rings. The Hall–Kier alpha value is -2.99. The number of carbonyl (C=O) groups excluding carboxylic acids is 2. The quantitative estimate of drug-likeness (QED) is 0.358. The molecule has 6 heteroatoms. The van der Waals surface area contributed by atoms with Crippen LogP contribution in [0.1, 0.15) is 44.2 Å². The van der Waals surface area contributed by atoms with Crippen LogP contribution in [0.5, 0.6) is 0 Å². The first-order valence-corrected chi connectivity index (χ1v) is 11.3. The van der Waals surface area contributed by atoms with Crippen molar-refractivity contribution in [3.8, 4) is 0 Å². The van der Waals surface area contributed by atoms with Gasteiger partial charge in [0.25, 0.3) is 11.8 Å². The molecule has 0 aromatic heterocycles. The Morgan fingerprint density at radius 3 is 2.25 bits per heavy atom. The van der Waals surface area contributed by atoms with Crippen LogP contribution in [0, 0.1) is 5.82 Å². The molecule has 2 amide bonds. The van der Waals surface area contributed by atoms with Crippen molar-refractivity contribution < 1.29 is 18.7 Å². The number of likely N-dealkylation sites (N-methyl/N-ethyl adjacent to an activating group) is 1. The molecule has 1 aliphatic heterocycles. The van der Waals surface area contributed by atoms with Crippen molar-refractivity contribution in [2.75, 3.05) is 26.3 Å². The van der Waals surface area contributed by atoms with Crippen molar-refractivity contribution in [2.45, 2.75) is 39.7 Å². The Kier molecular flexibility index (Phi) is 8.56. The molecule has 0 aliphatic carbocycles. The second-order valence-electron chi connectivity index (χ2n) is 7.81. The molecule has 2 aromatic rings. The predicted octanol–water partition coefficient (Wildman–Crippen LogP) is 4.63. The molecule has 1 aliphatic rings. The molecule has 0 saturated carbocycles. The van der Waals surface area contributed by atoms with Gasteiger partial charge in [-0.1, -0.05) is 55.8 Å². The van der Waals surface area contributed by atoms with Crippen LogP contribution in [0.2, 0.25) is 0 Å². The highest BCUT2D eigenvalue weighted by Crippen LogP contribution is 2.32. The molecule has 0 spiro atoms. The highest BCUT2D eigenvalue weighted by Gasteiger charge is 2.40. The number of nitrogens with zero attached hydrogens (tertiary/aromatic N) is 2. The maximum atomic E-state index is 13.5. The molecule has 0 atom stereocenters. The van der Waals surface area contributed by atoms with Crippen LogP contribution in [0.3, 0.4) is 0 Å². The number of hydrogen-bond acceptors (Lipinski definition) is 4. The summed E-state index contributed by atoms with van der Waals surface area (Å²) in [5.41, 5.74) is 2.30. The summed E-state index contributed by atoms with van der Waals surface area (Å²) in [7, 11) is 0. The fraction of sp³-hybridized carbons (Fsp3) is 0.385. The number of unbranched alkanes of at least 4 members (excludes halogenated alkanes) is 1. The Morgan fingerprint density at radius 2 is 1.59 bits per heavy atom. The van der Waals surface area contributed by atoms with Crippen molar-refractivity contribution in [2.24, 2.45) is 0 Å². The summed E-state index contributed by atoms with van der Waals surface area (Å²) in [6.07, 6.45) is 2.63. The van der Waals surface area contributed by atoms with Gasteiger partial charge in [-0.05, 0) is 43.0 Å². The third kappa shape index (κ3) is 5.62. The molecular formula is C26H31FN2O3. The number of ether oxygens (including phenoxy) is 1. The number of amides is 2. The molecule has 3 rings (SSSR count). The second-order valence-corrected chi connectivity index (χ2v) is 7.81. The molecule has 0 N–H and O–H groups in total. The third-order valence-electron chi connectivity index (χ3n) is 5.50. The van der Waals surface area contributed by atoms with Gasteiger partial charge >= 0.3 is 0 Å². The van der Waals surface area contributed by atoms with Crippen LogP contribution in [-0.2, 0) is 20.9 Å². The lowest BCUT2D eigenvalue weighted by Crippen LogP contribution is -2.36. The van der Waals surface area contributed by atoms with Gasteiger partial charge in [-0.2, -0.15) is 0 Å². The summed E-state index contributed by atoms with van der Waals surface area (Å²) < 4.78 is 19.1. The molecule has 170 valence electrons. The van der Waals surface area contributed by atoms with E-state index in [1.807, 2.05) is 42.2 Å². The zero-order valence-electron chi connectivity index (χ0n) is 18.9. The maximum absolute atomic E-state index is 13.5. The fourth-order valence-corrected chi connectivity index (χ4v) is 3.76. The molecule has 0 radical (unpaired) electrons. The highest BCUT2D eigenvalue weighted by molar-refractivity contribution is 6.35. The average molecular weight is 439 g/mol. The lowest BCUT2D eigenvalue weighted by molar-refractivity contribution is -0.137. The van der Waals surface area contributed by atoms with Gasteiger partial charge in [-0.15, -0.1) is 0 Å². The predicted molar refractivity (Wildman–Crippen MR) is 123 cm³/mol. The lowest BCUT2D eigenvalue weighted by atomic mass is 10.0. The molecule has 0 bridgehead atoms. The summed E-state index contributed by atoms with van der Waals surface area (Å²) in [4.78, 5) is 30.0. The normalized spacial score (nSPS) is 13.9. The average Bonchev–Trinajstić information content (AvgIpc) is 3.05. The minimum absolute atomic E-state index is 0.293. The molecule has 5 nitrogen and oxygen atoms in total. The molecule has 0 saturated heterocycles. The van der Waals surface area contributed by atoms with E-state index in [1.54, 1.807) is 12.1 Å². The Labute approximate surface area is 189 Å². The van der Waals surface area contributed by atoms with Crippen molar-refractivity contribution in [1.29, 1.82) is 0 Å². The van der Waals surface area contributed by atoms with Crippen molar-refractivity contribution >= 4 is 17.4 Å². The van der Waals surface area contributed by atoms with Gasteiger partial charge in [0.2, 0.25) is 0 Å². The Bertz CT molecular complexity index is 941. The van der Waals surface area contributed by atoms with E-state index in [4.69, 9.17) is 4.74 Å². The van der Waals surface area contributed by atoms with Crippen molar-refractivity contribution in [3.05, 3.63) is 77.2 Å². The minimum Gasteiger partial charge on any atom is -0.381 e. The van der Waals surface area contributed by atoms with E-state index in [9.17, 15) is 14.0 Å². The van der Waals surface area contributed by atoms with Crippen molar-refractivity contribution in [3.63, 3.8) is 0 Å². The van der Waals surface area contributed by atoms with E-state index in [0.29, 0.717) is 56.1 Å². The maximum Gasteiger partial charge on any atom is 0.277 e. The van der Waals surface area contributed by atoms with Gasteiger partial charge in [-0.3, -0.25) is 14.5 Å². The standard InChI is InChI=1S/C26H31FN2O3/c1-3-5-17-32-18-9-16-29-25(30)23(21-12-14-22(27)15-13-21)24(26(29)31)28(4-2)19-20-10-7-6-8-11-20/h6-8,10-15H,3-5,9,16-19H2,1-2H3. The van der Waals surface area contributed by atoms with Gasteiger partial charge < -0.3 is 9.64 Å². The number of hydrogen-bond donors (Lipinski definition) is 0. The van der Waals surface area contributed by atoms with Crippen LogP contribution < -0.4 is 0 Å². The molecule has 0 unspecified atom stereocenters. The van der Waals surface area contributed by atoms with Gasteiger partial charge in [0.05, 0.1) is 5.57 Å². The third-order valence-corrected chi connectivity index (χ3v) is 5.50. The summed E-state index contributed by atoms with van der Waals surface area (Å²) in [6.45, 7) is 6.60. The number of rotatable bonds is 12. The fourth-order valence-electron chi connectivity index (χ4n) is 3.76. The topological polar surface area (TPSA) is 49.9 Å². The monoisotopic (exact) mass is 438 g/mol. The molecular weight excluding hydrogens is 407 g/mol. The molecule has 32 heavy (non-hydrogen) atoms. The van der Waals surface area contributed by atoms with E-state index in [0.717, 1.165) is 18.4 Å². The van der Waals surface area contributed by atoms with E-state index in [1.165, 1.54) is 17.0 Å². The molecule has 2 aromatic carbocycles.